The smallest absolute Gasteiger partial charge is 0.266 e. The van der Waals surface area contributed by atoms with Gasteiger partial charge >= 0.3 is 0 Å². The summed E-state index contributed by atoms with van der Waals surface area (Å²) in [5.74, 6) is -1.10. The first-order valence-electron chi connectivity index (χ1n) is 8.98. The Balaban J connectivity index is 1.65. The van der Waals surface area contributed by atoms with Crippen LogP contribution >= 0.6 is 23.4 Å². The average molecular weight is 440 g/mol. The van der Waals surface area contributed by atoms with Gasteiger partial charge in [-0.15, -0.1) is 0 Å². The number of hydrogen-bond donors (Lipinski definition) is 1. The maximum absolute atomic E-state index is 13.9. The van der Waals surface area contributed by atoms with Gasteiger partial charge in [0.15, 0.2) is 5.16 Å². The normalized spacial score (nSPS) is 10.9. The summed E-state index contributed by atoms with van der Waals surface area (Å²) in [6.45, 7) is 0. The Morgan fingerprint density at radius 3 is 2.57 bits per heavy atom. The number of rotatable bonds is 5. The van der Waals surface area contributed by atoms with Gasteiger partial charge in [-0.2, -0.15) is 0 Å². The maximum Gasteiger partial charge on any atom is 0.266 e. The molecule has 0 unspecified atom stereocenters. The quantitative estimate of drug-likeness (QED) is 0.354. The molecule has 30 heavy (non-hydrogen) atoms. The summed E-state index contributed by atoms with van der Waals surface area (Å²) >= 11 is 6.83. The number of benzene rings is 3. The second-order valence-corrected chi connectivity index (χ2v) is 7.73. The Morgan fingerprint density at radius 2 is 1.80 bits per heavy atom. The van der Waals surface area contributed by atoms with E-state index in [0.717, 1.165) is 17.8 Å². The highest BCUT2D eigenvalue weighted by molar-refractivity contribution is 7.99. The third-order valence-electron chi connectivity index (χ3n) is 4.30. The zero-order chi connectivity index (χ0) is 21.1. The molecule has 4 rings (SSSR count). The second kappa shape index (κ2) is 8.69. The van der Waals surface area contributed by atoms with Crippen molar-refractivity contribution in [3.8, 4) is 5.69 Å². The lowest BCUT2D eigenvalue weighted by atomic mass is 10.2. The molecule has 0 atom stereocenters. The van der Waals surface area contributed by atoms with Crippen LogP contribution in [0.2, 0.25) is 5.02 Å². The van der Waals surface area contributed by atoms with E-state index in [2.05, 4.69) is 10.3 Å². The van der Waals surface area contributed by atoms with Crippen LogP contribution in [-0.4, -0.2) is 21.2 Å². The minimum atomic E-state index is -0.620. The minimum Gasteiger partial charge on any atom is -0.323 e. The number of thioether (sulfide) groups is 1. The molecule has 1 amide bonds. The SMILES string of the molecule is O=C(CSc1nc2ccccc2c(=O)n1-c1ccccc1)Nc1ccc(Cl)cc1F. The van der Waals surface area contributed by atoms with Crippen LogP contribution in [-0.2, 0) is 4.79 Å². The molecule has 5 nitrogen and oxygen atoms in total. The van der Waals surface area contributed by atoms with Gasteiger partial charge in [-0.3, -0.25) is 14.2 Å². The van der Waals surface area contributed by atoms with Gasteiger partial charge in [0.05, 0.1) is 28.0 Å². The van der Waals surface area contributed by atoms with E-state index in [1.165, 1.54) is 16.7 Å². The Hall–Kier alpha value is -3.16. The summed E-state index contributed by atoms with van der Waals surface area (Å²) in [6, 6.07) is 20.1. The number of halogens is 2. The van der Waals surface area contributed by atoms with Crippen molar-refractivity contribution in [2.45, 2.75) is 5.16 Å². The second-order valence-electron chi connectivity index (χ2n) is 6.35. The van der Waals surface area contributed by atoms with Gasteiger partial charge in [-0.25, -0.2) is 9.37 Å². The van der Waals surface area contributed by atoms with Gasteiger partial charge in [0, 0.05) is 5.02 Å². The van der Waals surface area contributed by atoms with Crippen molar-refractivity contribution in [1.82, 2.24) is 9.55 Å². The third kappa shape index (κ3) is 4.22. The van der Waals surface area contributed by atoms with E-state index in [-0.39, 0.29) is 22.0 Å². The molecule has 1 heterocycles. The van der Waals surface area contributed by atoms with Crippen LogP contribution in [0.5, 0.6) is 0 Å². The number of aromatic nitrogens is 2. The number of nitrogens with zero attached hydrogens (tertiary/aromatic N) is 2. The number of amides is 1. The van der Waals surface area contributed by atoms with E-state index in [1.54, 1.807) is 36.4 Å². The summed E-state index contributed by atoms with van der Waals surface area (Å²) in [5.41, 5.74) is 1.00. The fourth-order valence-electron chi connectivity index (χ4n) is 2.92. The van der Waals surface area contributed by atoms with E-state index in [1.807, 2.05) is 18.2 Å². The molecule has 0 aliphatic heterocycles. The zero-order valence-corrected chi connectivity index (χ0v) is 17.1. The highest BCUT2D eigenvalue weighted by Gasteiger charge is 2.15. The van der Waals surface area contributed by atoms with Crippen molar-refractivity contribution >= 4 is 45.9 Å². The standard InChI is InChI=1S/C22H15ClFN3O2S/c23-14-10-11-19(17(24)12-14)25-20(28)13-30-22-26-18-9-5-4-8-16(18)21(29)27(22)15-6-2-1-3-7-15/h1-12H,13H2,(H,25,28). The molecule has 0 aliphatic rings. The first kappa shape index (κ1) is 20.1. The highest BCUT2D eigenvalue weighted by Crippen LogP contribution is 2.23. The molecule has 8 heteroatoms. The predicted molar refractivity (Wildman–Crippen MR) is 118 cm³/mol. The molecule has 0 saturated carbocycles. The van der Waals surface area contributed by atoms with E-state index in [4.69, 9.17) is 11.6 Å². The molecule has 0 aliphatic carbocycles. The summed E-state index contributed by atoms with van der Waals surface area (Å²) < 4.78 is 15.4. The Morgan fingerprint density at radius 1 is 1.07 bits per heavy atom. The van der Waals surface area contributed by atoms with Crippen LogP contribution < -0.4 is 10.9 Å². The average Bonchev–Trinajstić information content (AvgIpc) is 2.75. The molecule has 0 radical (unpaired) electrons. The fourth-order valence-corrected chi connectivity index (χ4v) is 3.89. The first-order valence-corrected chi connectivity index (χ1v) is 10.3. The van der Waals surface area contributed by atoms with Crippen LogP contribution in [0, 0.1) is 5.82 Å². The van der Waals surface area contributed by atoms with Crippen LogP contribution in [0.3, 0.4) is 0 Å². The summed E-state index contributed by atoms with van der Waals surface area (Å²) in [5, 5.41) is 3.61. The number of anilines is 1. The Kier molecular flexibility index (Phi) is 5.83. The van der Waals surface area contributed by atoms with Gasteiger partial charge < -0.3 is 5.32 Å². The van der Waals surface area contributed by atoms with Gasteiger partial charge in [0.1, 0.15) is 5.82 Å². The highest BCUT2D eigenvalue weighted by atomic mass is 35.5. The zero-order valence-electron chi connectivity index (χ0n) is 15.5. The van der Waals surface area contributed by atoms with Crippen molar-refractivity contribution in [3.63, 3.8) is 0 Å². The number of nitrogens with one attached hydrogen (secondary N) is 1. The Bertz CT molecular complexity index is 1290. The van der Waals surface area contributed by atoms with Crippen LogP contribution in [0.4, 0.5) is 10.1 Å². The lowest BCUT2D eigenvalue weighted by Gasteiger charge is -2.13. The van der Waals surface area contributed by atoms with E-state index < -0.39 is 11.7 Å². The molecule has 4 aromatic rings. The van der Waals surface area contributed by atoms with Gasteiger partial charge in [0.25, 0.3) is 5.56 Å². The summed E-state index contributed by atoms with van der Waals surface area (Å²) in [4.78, 5) is 30.1. The van der Waals surface area contributed by atoms with Crippen LogP contribution in [0.15, 0.2) is 82.7 Å². The van der Waals surface area contributed by atoms with Crippen LogP contribution in [0.1, 0.15) is 0 Å². The summed E-state index contributed by atoms with van der Waals surface area (Å²) in [6.07, 6.45) is 0. The molecular weight excluding hydrogens is 425 g/mol. The molecule has 150 valence electrons. The number of carbonyl (C=O) groups is 1. The van der Waals surface area contributed by atoms with Crippen LogP contribution in [0.25, 0.3) is 16.6 Å². The molecule has 1 N–H and O–H groups in total. The van der Waals surface area contributed by atoms with Crippen molar-refractivity contribution in [1.29, 1.82) is 0 Å². The minimum absolute atomic E-state index is 0.0388. The molecule has 1 aromatic heterocycles. The predicted octanol–water partition coefficient (Wildman–Crippen LogP) is 4.91. The molecule has 0 saturated heterocycles. The van der Waals surface area contributed by atoms with Crippen molar-refractivity contribution in [3.05, 3.63) is 94.0 Å². The third-order valence-corrected chi connectivity index (χ3v) is 5.47. The molecule has 0 bridgehead atoms. The molecule has 0 spiro atoms. The number of para-hydroxylation sites is 2. The number of carbonyl (C=O) groups excluding carboxylic acids is 1. The lowest BCUT2D eigenvalue weighted by Crippen LogP contribution is -2.23. The van der Waals surface area contributed by atoms with E-state index in [0.29, 0.717) is 21.7 Å². The van der Waals surface area contributed by atoms with Gasteiger partial charge in [0.2, 0.25) is 5.91 Å². The molecule has 3 aromatic carbocycles. The first-order chi connectivity index (χ1) is 14.5. The molecule has 0 fully saturated rings. The fraction of sp³-hybridized carbons (Fsp3) is 0.0455. The number of hydrogen-bond acceptors (Lipinski definition) is 4. The Labute approximate surface area is 180 Å². The van der Waals surface area contributed by atoms with Gasteiger partial charge in [-0.1, -0.05) is 53.7 Å². The van der Waals surface area contributed by atoms with E-state index >= 15 is 0 Å². The largest absolute Gasteiger partial charge is 0.323 e. The van der Waals surface area contributed by atoms with Gasteiger partial charge in [-0.05, 0) is 42.5 Å². The number of fused-ring (bicyclic) bond motifs is 1. The lowest BCUT2D eigenvalue weighted by molar-refractivity contribution is -0.113. The topological polar surface area (TPSA) is 64.0 Å². The maximum atomic E-state index is 13.9. The molecular formula is C22H15ClFN3O2S. The van der Waals surface area contributed by atoms with Crippen molar-refractivity contribution < 1.29 is 9.18 Å². The van der Waals surface area contributed by atoms with Crippen molar-refractivity contribution in [2.75, 3.05) is 11.1 Å². The van der Waals surface area contributed by atoms with E-state index in [9.17, 15) is 14.0 Å². The monoisotopic (exact) mass is 439 g/mol. The summed E-state index contributed by atoms with van der Waals surface area (Å²) in [7, 11) is 0. The van der Waals surface area contributed by atoms with Crippen molar-refractivity contribution in [2.24, 2.45) is 0 Å².